The van der Waals surface area contributed by atoms with Crippen LogP contribution in [0.4, 0.5) is 24.5 Å². The monoisotopic (exact) mass is 431 g/mol. The predicted molar refractivity (Wildman–Crippen MR) is 117 cm³/mol. The van der Waals surface area contributed by atoms with E-state index in [1.54, 1.807) is 12.4 Å². The van der Waals surface area contributed by atoms with Crippen LogP contribution in [-0.4, -0.2) is 19.9 Å². The maximum Gasteiger partial charge on any atom is 0.416 e. The molecule has 0 aliphatic rings. The van der Waals surface area contributed by atoms with Gasteiger partial charge in [0.15, 0.2) is 0 Å². The van der Waals surface area contributed by atoms with Crippen molar-refractivity contribution >= 4 is 22.4 Å². The smallest absolute Gasteiger partial charge is 0.356 e. The lowest BCUT2D eigenvalue weighted by Gasteiger charge is -2.09. The van der Waals surface area contributed by atoms with Crippen LogP contribution in [0.1, 0.15) is 5.56 Å². The fraction of sp³-hybridized carbons (Fsp3) is 0.0417. The van der Waals surface area contributed by atoms with Gasteiger partial charge in [0, 0.05) is 34.9 Å². The van der Waals surface area contributed by atoms with E-state index in [1.807, 2.05) is 48.5 Å². The molecule has 3 aromatic carbocycles. The molecule has 0 spiro atoms. The van der Waals surface area contributed by atoms with Crippen LogP contribution < -0.4 is 5.32 Å². The summed E-state index contributed by atoms with van der Waals surface area (Å²) in [4.78, 5) is 15.5. The average molecular weight is 431 g/mol. The first-order valence-corrected chi connectivity index (χ1v) is 9.76. The maximum absolute atomic E-state index is 13.0. The highest BCUT2D eigenvalue weighted by Gasteiger charge is 2.30. The van der Waals surface area contributed by atoms with Gasteiger partial charge in [-0.2, -0.15) is 13.2 Å². The summed E-state index contributed by atoms with van der Waals surface area (Å²) in [5.74, 6) is 0.502. The third kappa shape index (κ3) is 4.02. The number of nitrogens with one attached hydrogen (secondary N) is 2. The van der Waals surface area contributed by atoms with Crippen LogP contribution in [-0.2, 0) is 6.18 Å². The fourth-order valence-corrected chi connectivity index (χ4v) is 3.43. The Bertz CT molecular complexity index is 1380. The van der Waals surface area contributed by atoms with Gasteiger partial charge in [-0.05, 0) is 48.0 Å². The number of benzene rings is 3. The number of imidazole rings is 1. The molecule has 0 amide bonds. The minimum Gasteiger partial charge on any atom is -0.356 e. The minimum atomic E-state index is -4.40. The van der Waals surface area contributed by atoms with E-state index in [1.165, 1.54) is 12.4 Å². The molecule has 0 saturated carbocycles. The SMILES string of the molecule is FC(F)(F)c1ccc2nc(-c3cccc(Nc4ccc(-c5cncnc5)cc4)c3)[nH]c2c1. The molecule has 0 saturated heterocycles. The Morgan fingerprint density at radius 2 is 1.53 bits per heavy atom. The summed E-state index contributed by atoms with van der Waals surface area (Å²) in [6.45, 7) is 0. The largest absolute Gasteiger partial charge is 0.416 e. The molecule has 2 N–H and O–H groups in total. The highest BCUT2D eigenvalue weighted by atomic mass is 19.4. The molecule has 2 heterocycles. The second-order valence-corrected chi connectivity index (χ2v) is 7.23. The number of aromatic nitrogens is 4. The van der Waals surface area contributed by atoms with Crippen molar-refractivity contribution in [1.29, 1.82) is 0 Å². The van der Waals surface area contributed by atoms with Crippen molar-refractivity contribution in [2.75, 3.05) is 5.32 Å². The van der Waals surface area contributed by atoms with Crippen molar-refractivity contribution in [1.82, 2.24) is 19.9 Å². The van der Waals surface area contributed by atoms with E-state index >= 15 is 0 Å². The Morgan fingerprint density at radius 1 is 0.750 bits per heavy atom. The number of nitrogens with zero attached hydrogens (tertiary/aromatic N) is 3. The predicted octanol–water partition coefficient (Wildman–Crippen LogP) is 6.45. The summed E-state index contributed by atoms with van der Waals surface area (Å²) < 4.78 is 38.9. The van der Waals surface area contributed by atoms with E-state index in [9.17, 15) is 13.2 Å². The van der Waals surface area contributed by atoms with Crippen molar-refractivity contribution in [3.05, 3.63) is 91.0 Å². The van der Waals surface area contributed by atoms with Gasteiger partial charge in [-0.15, -0.1) is 0 Å². The summed E-state index contributed by atoms with van der Waals surface area (Å²) in [6, 6.07) is 18.9. The first-order chi connectivity index (χ1) is 15.5. The Kier molecular flexibility index (Phi) is 4.82. The van der Waals surface area contributed by atoms with Gasteiger partial charge in [-0.3, -0.25) is 0 Å². The first-order valence-electron chi connectivity index (χ1n) is 9.76. The molecule has 0 aliphatic heterocycles. The average Bonchev–Trinajstić information content (AvgIpc) is 3.23. The number of aromatic amines is 1. The van der Waals surface area contributed by atoms with E-state index in [-0.39, 0.29) is 0 Å². The van der Waals surface area contributed by atoms with Crippen molar-refractivity contribution in [2.45, 2.75) is 6.18 Å². The number of rotatable bonds is 4. The molecule has 0 unspecified atom stereocenters. The zero-order valence-corrected chi connectivity index (χ0v) is 16.6. The number of hydrogen-bond donors (Lipinski definition) is 2. The van der Waals surface area contributed by atoms with Crippen LogP contribution >= 0.6 is 0 Å². The molecule has 0 radical (unpaired) electrons. The molecule has 0 bridgehead atoms. The number of anilines is 2. The lowest BCUT2D eigenvalue weighted by atomic mass is 10.1. The summed E-state index contributed by atoms with van der Waals surface area (Å²) in [5.41, 5.74) is 4.53. The van der Waals surface area contributed by atoms with E-state index in [4.69, 9.17) is 0 Å². The van der Waals surface area contributed by atoms with E-state index < -0.39 is 11.7 Å². The number of alkyl halides is 3. The second-order valence-electron chi connectivity index (χ2n) is 7.23. The van der Waals surface area contributed by atoms with Gasteiger partial charge in [0.1, 0.15) is 12.2 Å². The number of H-pyrrole nitrogens is 1. The quantitative estimate of drug-likeness (QED) is 0.343. The Hall–Kier alpha value is -4.20. The molecule has 8 heteroatoms. The van der Waals surface area contributed by atoms with Gasteiger partial charge in [-0.25, -0.2) is 15.0 Å². The molecular formula is C24H16F3N5. The van der Waals surface area contributed by atoms with Gasteiger partial charge in [0.2, 0.25) is 0 Å². The fourth-order valence-electron chi connectivity index (χ4n) is 3.43. The normalized spacial score (nSPS) is 11.6. The molecule has 158 valence electrons. The standard InChI is InChI=1S/C24H16F3N5/c25-24(26,27)18-6-9-21-22(11-18)32-23(31-21)16-2-1-3-20(10-16)30-19-7-4-15(5-8-19)17-12-28-14-29-13-17/h1-14,30H,(H,31,32). The maximum atomic E-state index is 13.0. The van der Waals surface area contributed by atoms with Gasteiger partial charge in [0.05, 0.1) is 16.6 Å². The summed E-state index contributed by atoms with van der Waals surface area (Å²) in [5, 5.41) is 3.33. The number of fused-ring (bicyclic) bond motifs is 1. The van der Waals surface area contributed by atoms with Crippen LogP contribution in [0.25, 0.3) is 33.5 Å². The van der Waals surface area contributed by atoms with Gasteiger partial charge >= 0.3 is 6.18 Å². The molecule has 5 aromatic rings. The number of hydrogen-bond acceptors (Lipinski definition) is 4. The lowest BCUT2D eigenvalue weighted by molar-refractivity contribution is -0.137. The molecule has 2 aromatic heterocycles. The van der Waals surface area contributed by atoms with Crippen molar-refractivity contribution in [3.8, 4) is 22.5 Å². The first kappa shape index (κ1) is 19.7. The third-order valence-electron chi connectivity index (χ3n) is 5.01. The van der Waals surface area contributed by atoms with E-state index in [0.29, 0.717) is 16.9 Å². The Labute approximate surface area is 181 Å². The Balaban J connectivity index is 1.39. The molecule has 5 nitrogen and oxygen atoms in total. The highest BCUT2D eigenvalue weighted by Crippen LogP contribution is 2.32. The van der Waals surface area contributed by atoms with Crippen molar-refractivity contribution < 1.29 is 13.2 Å². The zero-order valence-electron chi connectivity index (χ0n) is 16.6. The van der Waals surface area contributed by atoms with Crippen LogP contribution in [0.5, 0.6) is 0 Å². The molecule has 0 fully saturated rings. The molecule has 5 rings (SSSR count). The molecule has 0 atom stereocenters. The highest BCUT2D eigenvalue weighted by molar-refractivity contribution is 5.81. The van der Waals surface area contributed by atoms with Crippen molar-refractivity contribution in [2.24, 2.45) is 0 Å². The summed E-state index contributed by atoms with van der Waals surface area (Å²) >= 11 is 0. The lowest BCUT2D eigenvalue weighted by Crippen LogP contribution is -2.04. The van der Waals surface area contributed by atoms with Gasteiger partial charge < -0.3 is 10.3 Å². The van der Waals surface area contributed by atoms with Crippen LogP contribution in [0.15, 0.2) is 85.5 Å². The van der Waals surface area contributed by atoms with E-state index in [2.05, 4.69) is 25.3 Å². The van der Waals surface area contributed by atoms with Gasteiger partial charge in [-0.1, -0.05) is 24.3 Å². The topological polar surface area (TPSA) is 66.5 Å². The van der Waals surface area contributed by atoms with E-state index in [0.717, 1.165) is 40.2 Å². The third-order valence-corrected chi connectivity index (χ3v) is 5.01. The molecule has 0 aliphatic carbocycles. The minimum absolute atomic E-state index is 0.341. The van der Waals surface area contributed by atoms with Crippen molar-refractivity contribution in [3.63, 3.8) is 0 Å². The second kappa shape index (κ2) is 7.81. The Morgan fingerprint density at radius 3 is 2.28 bits per heavy atom. The molecule has 32 heavy (non-hydrogen) atoms. The summed E-state index contributed by atoms with van der Waals surface area (Å²) in [6.07, 6.45) is 0.601. The zero-order chi connectivity index (χ0) is 22.1. The molecular weight excluding hydrogens is 415 g/mol. The summed E-state index contributed by atoms with van der Waals surface area (Å²) in [7, 11) is 0. The van der Waals surface area contributed by atoms with Gasteiger partial charge in [0.25, 0.3) is 0 Å². The van der Waals surface area contributed by atoms with Crippen LogP contribution in [0.3, 0.4) is 0 Å². The van der Waals surface area contributed by atoms with Crippen LogP contribution in [0.2, 0.25) is 0 Å². The number of halogens is 3. The van der Waals surface area contributed by atoms with Crippen LogP contribution in [0, 0.1) is 0 Å².